The molecule has 0 atom stereocenters. The van der Waals surface area contributed by atoms with Crippen LogP contribution in [0.2, 0.25) is 0 Å². The molecule has 0 aliphatic rings. The molecule has 1 aromatic carbocycles. The molecule has 0 saturated carbocycles. The summed E-state index contributed by atoms with van der Waals surface area (Å²) in [5, 5.41) is 9.02. The number of fused-ring (bicyclic) bond motifs is 1. The topological polar surface area (TPSA) is 59.5 Å². The predicted molar refractivity (Wildman–Crippen MR) is 74.2 cm³/mol. The molecule has 102 valence electrons. The molecule has 5 nitrogen and oxygen atoms in total. The first kappa shape index (κ1) is 12.9. The quantitative estimate of drug-likeness (QED) is 0.782. The highest BCUT2D eigenvalue weighted by Crippen LogP contribution is 2.26. The Hall–Kier alpha value is -2.15. The summed E-state index contributed by atoms with van der Waals surface area (Å²) in [6.07, 6.45) is 3.05. The summed E-state index contributed by atoms with van der Waals surface area (Å²) in [5.41, 5.74) is 0.931. The molecule has 3 aromatic rings. The molecule has 0 amide bonds. The Morgan fingerprint density at radius 1 is 1.40 bits per heavy atom. The third-order valence-corrected chi connectivity index (χ3v) is 3.55. The van der Waals surface area contributed by atoms with Gasteiger partial charge in [0.2, 0.25) is 5.78 Å². The molecule has 0 unspecified atom stereocenters. The van der Waals surface area contributed by atoms with Gasteiger partial charge in [-0.1, -0.05) is 15.9 Å². The van der Waals surface area contributed by atoms with Crippen LogP contribution < -0.4 is 0 Å². The molecule has 0 bridgehead atoms. The maximum atomic E-state index is 13.8. The molecule has 0 saturated heterocycles. The molecule has 7 heteroatoms. The second kappa shape index (κ2) is 4.45. The lowest BCUT2D eigenvalue weighted by Gasteiger charge is -2.00. The number of nitrogens with zero attached hydrogens (tertiary/aromatic N) is 3. The van der Waals surface area contributed by atoms with E-state index in [4.69, 9.17) is 5.11 Å². The molecule has 0 fully saturated rings. The van der Waals surface area contributed by atoms with Gasteiger partial charge in [-0.15, -0.1) is 0 Å². The molecule has 3 rings (SSSR count). The first-order valence-corrected chi connectivity index (χ1v) is 6.50. The molecule has 0 radical (unpaired) electrons. The van der Waals surface area contributed by atoms with Gasteiger partial charge < -0.3 is 9.67 Å². The van der Waals surface area contributed by atoms with Crippen molar-refractivity contribution in [2.75, 3.05) is 0 Å². The average molecular weight is 338 g/mol. The van der Waals surface area contributed by atoms with Gasteiger partial charge in [0.05, 0.1) is 5.69 Å². The maximum Gasteiger partial charge on any atom is 0.354 e. The van der Waals surface area contributed by atoms with Crippen molar-refractivity contribution >= 4 is 27.7 Å². The molecule has 0 spiro atoms. The molecular weight excluding hydrogens is 329 g/mol. The minimum atomic E-state index is -1.03. The number of imidazole rings is 2. The number of aryl methyl sites for hydroxylation is 1. The number of carbonyl (C=O) groups is 1. The first-order valence-electron chi connectivity index (χ1n) is 5.70. The molecule has 1 N–H and O–H groups in total. The van der Waals surface area contributed by atoms with Crippen molar-refractivity contribution in [3.8, 4) is 11.3 Å². The van der Waals surface area contributed by atoms with Crippen LogP contribution in [0.5, 0.6) is 0 Å². The van der Waals surface area contributed by atoms with Crippen molar-refractivity contribution in [1.82, 2.24) is 14.0 Å². The van der Waals surface area contributed by atoms with Crippen LogP contribution in [0, 0.1) is 5.82 Å². The molecule has 2 aromatic heterocycles. The van der Waals surface area contributed by atoms with Crippen LogP contribution in [0.25, 0.3) is 17.0 Å². The van der Waals surface area contributed by atoms with E-state index in [1.54, 1.807) is 29.8 Å². The van der Waals surface area contributed by atoms with Gasteiger partial charge in [0.25, 0.3) is 0 Å². The van der Waals surface area contributed by atoms with Gasteiger partial charge >= 0.3 is 5.97 Å². The Balaban J connectivity index is 2.19. The van der Waals surface area contributed by atoms with E-state index >= 15 is 0 Å². The number of aromatic nitrogens is 3. The van der Waals surface area contributed by atoms with Crippen LogP contribution in [0.1, 0.15) is 10.5 Å². The highest BCUT2D eigenvalue weighted by atomic mass is 79.9. The highest BCUT2D eigenvalue weighted by molar-refractivity contribution is 9.10. The Labute approximate surface area is 121 Å². The van der Waals surface area contributed by atoms with E-state index in [1.807, 2.05) is 0 Å². The normalized spacial score (nSPS) is 11.2. The lowest BCUT2D eigenvalue weighted by atomic mass is 10.1. The Bertz CT molecular complexity index is 838. The van der Waals surface area contributed by atoms with Gasteiger partial charge in [-0.3, -0.25) is 4.40 Å². The minimum Gasteiger partial charge on any atom is -0.477 e. The van der Waals surface area contributed by atoms with Crippen molar-refractivity contribution < 1.29 is 14.3 Å². The smallest absolute Gasteiger partial charge is 0.354 e. The third-order valence-electron chi connectivity index (χ3n) is 3.06. The van der Waals surface area contributed by atoms with Crippen molar-refractivity contribution in [3.63, 3.8) is 0 Å². The summed E-state index contributed by atoms with van der Waals surface area (Å²) in [7, 11) is 1.60. The molecular formula is C13H9BrFN3O2. The van der Waals surface area contributed by atoms with Crippen LogP contribution in [-0.2, 0) is 7.05 Å². The Morgan fingerprint density at radius 2 is 2.15 bits per heavy atom. The number of hydrogen-bond acceptors (Lipinski definition) is 2. The van der Waals surface area contributed by atoms with E-state index in [-0.39, 0.29) is 11.5 Å². The number of aromatic carboxylic acids is 1. The van der Waals surface area contributed by atoms with E-state index in [0.717, 1.165) is 4.47 Å². The van der Waals surface area contributed by atoms with E-state index in [1.165, 1.54) is 16.8 Å². The molecule has 0 aliphatic carbocycles. The average Bonchev–Trinajstić information content (AvgIpc) is 2.92. The zero-order valence-electron chi connectivity index (χ0n) is 10.3. The van der Waals surface area contributed by atoms with Crippen LogP contribution in [-0.4, -0.2) is 25.0 Å². The van der Waals surface area contributed by atoms with Crippen LogP contribution in [0.3, 0.4) is 0 Å². The number of benzene rings is 1. The van der Waals surface area contributed by atoms with Gasteiger partial charge in [0.15, 0.2) is 0 Å². The van der Waals surface area contributed by atoms with Crippen molar-refractivity contribution in [3.05, 3.63) is 46.6 Å². The van der Waals surface area contributed by atoms with Gasteiger partial charge in [-0.05, 0) is 18.2 Å². The summed E-state index contributed by atoms with van der Waals surface area (Å²) in [6, 6.07) is 4.60. The van der Waals surface area contributed by atoms with Crippen molar-refractivity contribution in [2.24, 2.45) is 7.05 Å². The molecule has 2 heterocycles. The second-order valence-electron chi connectivity index (χ2n) is 4.34. The number of hydrogen-bond donors (Lipinski definition) is 1. The fraction of sp³-hybridized carbons (Fsp3) is 0.0769. The van der Waals surface area contributed by atoms with E-state index in [9.17, 15) is 9.18 Å². The standard InChI is InChI=1S/C13H9BrFN3O2/c1-17-11(12(19)20)6-18-5-10(16-13(17)18)8-4-7(14)2-3-9(8)15/h2-6H,1H3,(H,19,20). The van der Waals surface area contributed by atoms with E-state index < -0.39 is 5.97 Å². The van der Waals surface area contributed by atoms with Crippen LogP contribution >= 0.6 is 15.9 Å². The van der Waals surface area contributed by atoms with Gasteiger partial charge in [-0.25, -0.2) is 14.2 Å². The summed E-state index contributed by atoms with van der Waals surface area (Å²) in [4.78, 5) is 15.3. The summed E-state index contributed by atoms with van der Waals surface area (Å²) >= 11 is 3.29. The predicted octanol–water partition coefficient (Wildman–Crippen LogP) is 2.94. The van der Waals surface area contributed by atoms with E-state index in [2.05, 4.69) is 20.9 Å². The van der Waals surface area contributed by atoms with Gasteiger partial charge in [0.1, 0.15) is 11.5 Å². The second-order valence-corrected chi connectivity index (χ2v) is 5.25. The van der Waals surface area contributed by atoms with Crippen molar-refractivity contribution in [1.29, 1.82) is 0 Å². The Morgan fingerprint density at radius 3 is 2.80 bits per heavy atom. The summed E-state index contributed by atoms with van der Waals surface area (Å²) in [5.74, 6) is -0.972. The lowest BCUT2D eigenvalue weighted by Crippen LogP contribution is -2.04. The highest BCUT2D eigenvalue weighted by Gasteiger charge is 2.16. The number of halogens is 2. The van der Waals surface area contributed by atoms with Gasteiger partial charge in [0, 0.05) is 29.5 Å². The SMILES string of the molecule is Cn1c(C(=O)O)cn2cc(-c3cc(Br)ccc3F)nc12. The minimum absolute atomic E-state index is 0.119. The number of carboxylic acid groups (broad SMARTS) is 1. The maximum absolute atomic E-state index is 13.8. The fourth-order valence-corrected chi connectivity index (χ4v) is 2.44. The number of rotatable bonds is 2. The Kier molecular flexibility index (Phi) is 2.86. The lowest BCUT2D eigenvalue weighted by molar-refractivity contribution is 0.0686. The molecule has 0 aliphatic heterocycles. The number of carboxylic acids is 1. The van der Waals surface area contributed by atoms with Crippen LogP contribution in [0.4, 0.5) is 4.39 Å². The zero-order chi connectivity index (χ0) is 14.4. The van der Waals surface area contributed by atoms with Crippen LogP contribution in [0.15, 0.2) is 35.1 Å². The van der Waals surface area contributed by atoms with Crippen molar-refractivity contribution in [2.45, 2.75) is 0 Å². The van der Waals surface area contributed by atoms with E-state index in [0.29, 0.717) is 17.0 Å². The zero-order valence-corrected chi connectivity index (χ0v) is 11.9. The first-order chi connectivity index (χ1) is 9.47. The van der Waals surface area contributed by atoms with Gasteiger partial charge in [-0.2, -0.15) is 0 Å². The molecule has 20 heavy (non-hydrogen) atoms. The largest absolute Gasteiger partial charge is 0.477 e. The fourth-order valence-electron chi connectivity index (χ4n) is 2.08. The summed E-state index contributed by atoms with van der Waals surface area (Å²) in [6.45, 7) is 0. The monoisotopic (exact) mass is 337 g/mol. The third kappa shape index (κ3) is 1.90. The summed E-state index contributed by atoms with van der Waals surface area (Å²) < 4.78 is 17.6.